The number of nitrogens with one attached hydrogen (secondary N) is 1. The van der Waals surface area contributed by atoms with E-state index in [1.54, 1.807) is 0 Å². The molecule has 0 heterocycles. The van der Waals surface area contributed by atoms with Gasteiger partial charge in [-0.15, -0.1) is 0 Å². The monoisotopic (exact) mass is 254 g/mol. The minimum Gasteiger partial charge on any atom is -0.384 e. The Balaban J connectivity index is 2.02. The molecule has 100 valence electrons. The summed E-state index contributed by atoms with van der Waals surface area (Å²) in [6.07, 6.45) is 4.78. The quantitative estimate of drug-likeness (QED) is 0.818. The molecule has 0 amide bonds. The molecule has 2 atom stereocenters. The van der Waals surface area contributed by atoms with Crippen molar-refractivity contribution in [2.24, 2.45) is 11.8 Å². The summed E-state index contributed by atoms with van der Waals surface area (Å²) >= 11 is 0. The summed E-state index contributed by atoms with van der Waals surface area (Å²) in [5.41, 5.74) is 4.29. The maximum Gasteiger partial charge on any atom is 0.102 e. The van der Waals surface area contributed by atoms with Gasteiger partial charge in [-0.25, -0.2) is 0 Å². The molecular weight excluding hydrogens is 232 g/mol. The van der Waals surface area contributed by atoms with E-state index in [0.717, 1.165) is 23.4 Å². The molecule has 2 heteroatoms. The second-order valence-corrected chi connectivity index (χ2v) is 5.79. The van der Waals surface area contributed by atoms with Crippen LogP contribution in [0.25, 0.3) is 0 Å². The van der Waals surface area contributed by atoms with Gasteiger partial charge in [0, 0.05) is 6.54 Å². The first-order chi connectivity index (χ1) is 9.10. The Morgan fingerprint density at radius 2 is 2.16 bits per heavy atom. The second-order valence-electron chi connectivity index (χ2n) is 5.79. The molecule has 0 aromatic heterocycles. The number of anilines is 1. The Morgan fingerprint density at radius 1 is 1.37 bits per heavy atom. The molecule has 0 fully saturated rings. The molecule has 0 aliphatic heterocycles. The van der Waals surface area contributed by atoms with Crippen molar-refractivity contribution in [3.05, 3.63) is 41.0 Å². The maximum atomic E-state index is 9.22. The maximum absolute atomic E-state index is 9.22. The smallest absolute Gasteiger partial charge is 0.102 e. The molecule has 0 radical (unpaired) electrons. The number of hydrogen-bond acceptors (Lipinski definition) is 2. The van der Waals surface area contributed by atoms with E-state index in [4.69, 9.17) is 0 Å². The summed E-state index contributed by atoms with van der Waals surface area (Å²) in [5.74, 6) is 1.35. The zero-order chi connectivity index (χ0) is 13.8. The molecule has 0 saturated heterocycles. The fourth-order valence-corrected chi connectivity index (χ4v) is 3.06. The van der Waals surface area contributed by atoms with E-state index in [1.165, 1.54) is 18.4 Å². The Bertz CT molecular complexity index is 523. The summed E-state index contributed by atoms with van der Waals surface area (Å²) in [6.45, 7) is 7.44. The molecule has 0 bridgehead atoms. The van der Waals surface area contributed by atoms with Crippen LogP contribution in [0.5, 0.6) is 0 Å². The lowest BCUT2D eigenvalue weighted by Gasteiger charge is -2.26. The van der Waals surface area contributed by atoms with Crippen molar-refractivity contribution in [3.63, 3.8) is 0 Å². The van der Waals surface area contributed by atoms with Crippen molar-refractivity contribution in [2.75, 3.05) is 11.9 Å². The lowest BCUT2D eigenvalue weighted by atomic mass is 9.83. The number of benzene rings is 1. The topological polar surface area (TPSA) is 35.8 Å². The van der Waals surface area contributed by atoms with Crippen LogP contribution < -0.4 is 5.32 Å². The van der Waals surface area contributed by atoms with E-state index in [2.05, 4.69) is 31.3 Å². The molecule has 0 spiro atoms. The van der Waals surface area contributed by atoms with Gasteiger partial charge in [0.05, 0.1) is 11.3 Å². The van der Waals surface area contributed by atoms with Gasteiger partial charge in [-0.3, -0.25) is 0 Å². The summed E-state index contributed by atoms with van der Waals surface area (Å²) in [4.78, 5) is 0. The highest BCUT2D eigenvalue weighted by Gasteiger charge is 2.18. The van der Waals surface area contributed by atoms with Crippen molar-refractivity contribution in [1.29, 1.82) is 5.26 Å². The van der Waals surface area contributed by atoms with Gasteiger partial charge in [-0.05, 0) is 50.2 Å². The molecule has 1 aromatic rings. The lowest BCUT2D eigenvalue weighted by Crippen LogP contribution is -2.20. The van der Waals surface area contributed by atoms with Crippen molar-refractivity contribution < 1.29 is 0 Å². The molecular formula is C17H22N2. The summed E-state index contributed by atoms with van der Waals surface area (Å²) < 4.78 is 0. The molecule has 19 heavy (non-hydrogen) atoms. The second kappa shape index (κ2) is 5.93. The number of nitriles is 1. The largest absolute Gasteiger partial charge is 0.384 e. The van der Waals surface area contributed by atoms with Gasteiger partial charge in [0.15, 0.2) is 0 Å². The number of nitrogens with zero attached hydrogens (tertiary/aromatic N) is 1. The van der Waals surface area contributed by atoms with E-state index in [9.17, 15) is 5.26 Å². The van der Waals surface area contributed by atoms with Crippen LogP contribution in [-0.2, 0) is 0 Å². The SMILES string of the molecule is CC1=CC(C)CC(CNc2cccc(C)c2C#N)C1. The van der Waals surface area contributed by atoms with E-state index in [-0.39, 0.29) is 0 Å². The van der Waals surface area contributed by atoms with Crippen molar-refractivity contribution in [3.8, 4) is 6.07 Å². The molecule has 1 N–H and O–H groups in total. The number of aryl methyl sites for hydroxylation is 1. The first kappa shape index (κ1) is 13.7. The highest BCUT2D eigenvalue weighted by atomic mass is 14.9. The van der Waals surface area contributed by atoms with Crippen LogP contribution in [0.4, 0.5) is 5.69 Å². The molecule has 0 saturated carbocycles. The predicted molar refractivity (Wildman–Crippen MR) is 80.0 cm³/mol. The van der Waals surface area contributed by atoms with E-state index < -0.39 is 0 Å². The van der Waals surface area contributed by atoms with Gasteiger partial charge in [0.2, 0.25) is 0 Å². The average Bonchev–Trinajstić information content (AvgIpc) is 2.35. The Labute approximate surface area is 116 Å². The van der Waals surface area contributed by atoms with Crippen LogP contribution in [0.2, 0.25) is 0 Å². The van der Waals surface area contributed by atoms with E-state index in [1.807, 2.05) is 25.1 Å². The minimum atomic E-state index is 0.673. The summed E-state index contributed by atoms with van der Waals surface area (Å²) in [5, 5.41) is 12.7. The van der Waals surface area contributed by atoms with Crippen LogP contribution in [0, 0.1) is 30.1 Å². The van der Waals surface area contributed by atoms with Gasteiger partial charge in [-0.2, -0.15) is 5.26 Å². The predicted octanol–water partition coefficient (Wildman–Crippen LogP) is 4.27. The fourth-order valence-electron chi connectivity index (χ4n) is 3.06. The molecule has 2 unspecified atom stereocenters. The summed E-state index contributed by atoms with van der Waals surface area (Å²) in [7, 11) is 0. The van der Waals surface area contributed by atoms with Gasteiger partial charge >= 0.3 is 0 Å². The van der Waals surface area contributed by atoms with Crippen LogP contribution in [0.15, 0.2) is 29.8 Å². The zero-order valence-corrected chi connectivity index (χ0v) is 12.0. The van der Waals surface area contributed by atoms with Gasteiger partial charge in [-0.1, -0.05) is 30.7 Å². The van der Waals surface area contributed by atoms with Crippen LogP contribution >= 0.6 is 0 Å². The standard InChI is InChI=1S/C17H22N2/c1-12-7-13(2)9-15(8-12)11-19-17-6-4-5-14(3)16(17)10-18/h4-7,12,15,19H,8-9,11H2,1-3H3. The van der Waals surface area contributed by atoms with E-state index >= 15 is 0 Å². The number of allylic oxidation sites excluding steroid dienone is 2. The summed E-state index contributed by atoms with van der Waals surface area (Å²) in [6, 6.07) is 8.29. The number of rotatable bonds is 3. The average molecular weight is 254 g/mol. The van der Waals surface area contributed by atoms with E-state index in [0.29, 0.717) is 11.8 Å². The van der Waals surface area contributed by atoms with Crippen molar-refractivity contribution in [2.45, 2.75) is 33.6 Å². The van der Waals surface area contributed by atoms with Crippen molar-refractivity contribution in [1.82, 2.24) is 0 Å². The third-order valence-corrected chi connectivity index (χ3v) is 3.85. The number of hydrogen-bond donors (Lipinski definition) is 1. The molecule has 2 rings (SSSR count). The zero-order valence-electron chi connectivity index (χ0n) is 12.0. The first-order valence-corrected chi connectivity index (χ1v) is 7.01. The third kappa shape index (κ3) is 3.38. The third-order valence-electron chi connectivity index (χ3n) is 3.85. The Hall–Kier alpha value is -1.75. The molecule has 1 aliphatic carbocycles. The van der Waals surface area contributed by atoms with Gasteiger partial charge in [0.1, 0.15) is 6.07 Å². The van der Waals surface area contributed by atoms with Gasteiger partial charge < -0.3 is 5.32 Å². The minimum absolute atomic E-state index is 0.673. The van der Waals surface area contributed by atoms with Crippen LogP contribution in [0.1, 0.15) is 37.8 Å². The first-order valence-electron chi connectivity index (χ1n) is 7.01. The highest BCUT2D eigenvalue weighted by Crippen LogP contribution is 2.28. The van der Waals surface area contributed by atoms with Crippen LogP contribution in [-0.4, -0.2) is 6.54 Å². The Kier molecular flexibility index (Phi) is 4.27. The Morgan fingerprint density at radius 3 is 2.84 bits per heavy atom. The fraction of sp³-hybridized carbons (Fsp3) is 0.471. The normalized spacial score (nSPS) is 22.5. The van der Waals surface area contributed by atoms with Crippen molar-refractivity contribution >= 4 is 5.69 Å². The van der Waals surface area contributed by atoms with Gasteiger partial charge in [0.25, 0.3) is 0 Å². The molecule has 1 aliphatic rings. The van der Waals surface area contributed by atoms with Crippen LogP contribution in [0.3, 0.4) is 0 Å². The lowest BCUT2D eigenvalue weighted by molar-refractivity contribution is 0.421. The molecule has 1 aromatic carbocycles. The highest BCUT2D eigenvalue weighted by molar-refractivity contribution is 5.60. The molecule has 2 nitrogen and oxygen atoms in total.